The summed E-state index contributed by atoms with van der Waals surface area (Å²) in [6, 6.07) is 9.65. The molecule has 0 bridgehead atoms. The number of tetrazole rings is 1. The van der Waals surface area contributed by atoms with Crippen LogP contribution in [-0.4, -0.2) is 32.2 Å². The van der Waals surface area contributed by atoms with E-state index in [9.17, 15) is 4.79 Å². The standard InChI is InChI=1S/C17H25N5O/c1-3-4-6-9-14(2)19-17(23)16(22-13-18-20-21-22)12-15-10-7-5-8-11-15/h5,7-8,10-11,13-14,16H,3-4,6,9,12H2,1-2H3,(H,19,23). The Morgan fingerprint density at radius 1 is 1.26 bits per heavy atom. The molecule has 2 rings (SSSR count). The van der Waals surface area contributed by atoms with Crippen molar-refractivity contribution in [2.45, 2.75) is 58.0 Å². The SMILES string of the molecule is CCCCCC(C)NC(=O)C(Cc1ccccc1)n1cnnn1. The number of amides is 1. The molecule has 0 aliphatic carbocycles. The molecule has 1 amide bonds. The molecule has 6 nitrogen and oxygen atoms in total. The molecule has 1 N–H and O–H groups in total. The van der Waals surface area contributed by atoms with Crippen LogP contribution in [0.5, 0.6) is 0 Å². The van der Waals surface area contributed by atoms with Gasteiger partial charge in [-0.1, -0.05) is 56.5 Å². The molecule has 0 aliphatic heterocycles. The summed E-state index contributed by atoms with van der Waals surface area (Å²) >= 11 is 0. The van der Waals surface area contributed by atoms with Crippen LogP contribution < -0.4 is 5.32 Å². The largest absolute Gasteiger partial charge is 0.352 e. The molecule has 2 aromatic rings. The van der Waals surface area contributed by atoms with Crippen LogP contribution in [0.2, 0.25) is 0 Å². The first kappa shape index (κ1) is 17.1. The van der Waals surface area contributed by atoms with Gasteiger partial charge >= 0.3 is 0 Å². The number of unbranched alkanes of at least 4 members (excludes halogenated alkanes) is 2. The van der Waals surface area contributed by atoms with E-state index < -0.39 is 6.04 Å². The van der Waals surface area contributed by atoms with Crippen LogP contribution in [0.15, 0.2) is 36.7 Å². The number of nitrogens with zero attached hydrogens (tertiary/aromatic N) is 4. The van der Waals surface area contributed by atoms with Crippen molar-refractivity contribution in [3.63, 3.8) is 0 Å². The molecule has 1 aromatic heterocycles. The average molecular weight is 315 g/mol. The smallest absolute Gasteiger partial charge is 0.245 e. The van der Waals surface area contributed by atoms with Gasteiger partial charge in [0.1, 0.15) is 12.4 Å². The predicted octanol–water partition coefficient (Wildman–Crippen LogP) is 2.54. The monoisotopic (exact) mass is 315 g/mol. The van der Waals surface area contributed by atoms with Crippen LogP contribution in [0, 0.1) is 0 Å². The van der Waals surface area contributed by atoms with Crippen molar-refractivity contribution in [2.75, 3.05) is 0 Å². The molecular formula is C17H25N5O. The summed E-state index contributed by atoms with van der Waals surface area (Å²) < 4.78 is 1.53. The van der Waals surface area contributed by atoms with E-state index in [1.807, 2.05) is 37.3 Å². The number of benzene rings is 1. The lowest BCUT2D eigenvalue weighted by molar-refractivity contribution is -0.125. The fourth-order valence-electron chi connectivity index (χ4n) is 2.57. The molecule has 0 aliphatic rings. The van der Waals surface area contributed by atoms with Crippen molar-refractivity contribution in [2.24, 2.45) is 0 Å². The highest BCUT2D eigenvalue weighted by Gasteiger charge is 2.23. The maximum absolute atomic E-state index is 12.7. The number of carbonyl (C=O) groups excluding carboxylic acids is 1. The van der Waals surface area contributed by atoms with Gasteiger partial charge in [-0.2, -0.15) is 0 Å². The number of carbonyl (C=O) groups is 1. The second-order valence-corrected chi connectivity index (χ2v) is 5.90. The summed E-state index contributed by atoms with van der Waals surface area (Å²) in [5.41, 5.74) is 1.08. The molecule has 124 valence electrons. The van der Waals surface area contributed by atoms with Crippen molar-refractivity contribution < 1.29 is 4.79 Å². The lowest BCUT2D eigenvalue weighted by atomic mass is 10.0. The summed E-state index contributed by atoms with van der Waals surface area (Å²) in [7, 11) is 0. The Kier molecular flexibility index (Phi) is 6.72. The zero-order valence-electron chi connectivity index (χ0n) is 13.9. The highest BCUT2D eigenvalue weighted by molar-refractivity contribution is 5.80. The first-order valence-corrected chi connectivity index (χ1v) is 8.27. The molecule has 1 heterocycles. The second-order valence-electron chi connectivity index (χ2n) is 5.90. The molecule has 0 radical (unpaired) electrons. The molecule has 23 heavy (non-hydrogen) atoms. The van der Waals surface area contributed by atoms with Gasteiger partial charge in [-0.3, -0.25) is 4.79 Å². The van der Waals surface area contributed by atoms with Gasteiger partial charge in [0.2, 0.25) is 5.91 Å². The van der Waals surface area contributed by atoms with Gasteiger partial charge in [0.05, 0.1) is 0 Å². The van der Waals surface area contributed by atoms with Crippen molar-refractivity contribution >= 4 is 5.91 Å². The number of nitrogens with one attached hydrogen (secondary N) is 1. The Morgan fingerprint density at radius 2 is 2.04 bits per heavy atom. The fourth-order valence-corrected chi connectivity index (χ4v) is 2.57. The van der Waals surface area contributed by atoms with Gasteiger partial charge in [-0.05, 0) is 29.3 Å². The van der Waals surface area contributed by atoms with Gasteiger partial charge in [0, 0.05) is 12.5 Å². The molecule has 1 aromatic carbocycles. The number of hydrogen-bond donors (Lipinski definition) is 1. The van der Waals surface area contributed by atoms with Crippen LogP contribution in [0.1, 0.15) is 51.1 Å². The van der Waals surface area contributed by atoms with E-state index >= 15 is 0 Å². The number of aromatic nitrogens is 4. The second kappa shape index (κ2) is 9.02. The summed E-state index contributed by atoms with van der Waals surface area (Å²) in [4.78, 5) is 12.7. The first-order valence-electron chi connectivity index (χ1n) is 8.27. The average Bonchev–Trinajstić information content (AvgIpc) is 3.08. The van der Waals surface area contributed by atoms with Gasteiger partial charge in [-0.15, -0.1) is 5.10 Å². The third kappa shape index (κ3) is 5.47. The summed E-state index contributed by atoms with van der Waals surface area (Å²) in [5, 5.41) is 14.3. The molecule has 2 atom stereocenters. The molecule has 0 spiro atoms. The number of rotatable bonds is 9. The van der Waals surface area contributed by atoms with Crippen LogP contribution in [-0.2, 0) is 11.2 Å². The van der Waals surface area contributed by atoms with Gasteiger partial charge < -0.3 is 5.32 Å². The fraction of sp³-hybridized carbons (Fsp3) is 0.529. The Hall–Kier alpha value is -2.24. The van der Waals surface area contributed by atoms with Gasteiger partial charge in [-0.25, -0.2) is 4.68 Å². The number of hydrogen-bond acceptors (Lipinski definition) is 4. The molecule has 0 fully saturated rings. The summed E-state index contributed by atoms with van der Waals surface area (Å²) in [5.74, 6) is -0.0369. The lowest BCUT2D eigenvalue weighted by Gasteiger charge is -2.20. The minimum atomic E-state index is -0.430. The maximum atomic E-state index is 12.7. The van der Waals surface area contributed by atoms with Crippen LogP contribution in [0.4, 0.5) is 0 Å². The Bertz CT molecular complexity index is 570. The minimum Gasteiger partial charge on any atom is -0.352 e. The van der Waals surface area contributed by atoms with E-state index in [0.29, 0.717) is 6.42 Å². The van der Waals surface area contributed by atoms with E-state index in [-0.39, 0.29) is 11.9 Å². The quantitative estimate of drug-likeness (QED) is 0.722. The highest BCUT2D eigenvalue weighted by atomic mass is 16.2. The highest BCUT2D eigenvalue weighted by Crippen LogP contribution is 2.14. The third-order valence-corrected chi connectivity index (χ3v) is 3.89. The molecule has 0 saturated heterocycles. The summed E-state index contributed by atoms with van der Waals surface area (Å²) in [6.07, 6.45) is 6.57. The Balaban J connectivity index is 2.01. The van der Waals surface area contributed by atoms with Crippen LogP contribution >= 0.6 is 0 Å². The topological polar surface area (TPSA) is 72.7 Å². The maximum Gasteiger partial charge on any atom is 0.245 e. The Morgan fingerprint density at radius 3 is 2.70 bits per heavy atom. The summed E-state index contributed by atoms with van der Waals surface area (Å²) in [6.45, 7) is 4.23. The van der Waals surface area contributed by atoms with Crippen LogP contribution in [0.3, 0.4) is 0 Å². The van der Waals surface area contributed by atoms with Crippen molar-refractivity contribution in [3.8, 4) is 0 Å². The third-order valence-electron chi connectivity index (χ3n) is 3.89. The van der Waals surface area contributed by atoms with E-state index in [2.05, 4.69) is 27.8 Å². The molecule has 2 unspecified atom stereocenters. The first-order chi connectivity index (χ1) is 11.2. The molecule has 0 saturated carbocycles. The van der Waals surface area contributed by atoms with Crippen LogP contribution in [0.25, 0.3) is 0 Å². The van der Waals surface area contributed by atoms with Gasteiger partial charge in [0.25, 0.3) is 0 Å². The van der Waals surface area contributed by atoms with Gasteiger partial charge in [0.15, 0.2) is 0 Å². The van der Waals surface area contributed by atoms with Crippen molar-refractivity contribution in [1.82, 2.24) is 25.5 Å². The van der Waals surface area contributed by atoms with Crippen molar-refractivity contribution in [3.05, 3.63) is 42.2 Å². The van der Waals surface area contributed by atoms with E-state index in [0.717, 1.165) is 18.4 Å². The zero-order chi connectivity index (χ0) is 16.5. The lowest BCUT2D eigenvalue weighted by Crippen LogP contribution is -2.39. The van der Waals surface area contributed by atoms with E-state index in [4.69, 9.17) is 0 Å². The zero-order valence-corrected chi connectivity index (χ0v) is 13.9. The molecular weight excluding hydrogens is 290 g/mol. The predicted molar refractivity (Wildman–Crippen MR) is 88.7 cm³/mol. The van der Waals surface area contributed by atoms with Crippen molar-refractivity contribution in [1.29, 1.82) is 0 Å². The van der Waals surface area contributed by atoms with E-state index in [1.54, 1.807) is 0 Å². The normalized spacial score (nSPS) is 13.5. The minimum absolute atomic E-state index is 0.0369. The molecule has 6 heteroatoms. The Labute approximate surface area is 137 Å². The van der Waals surface area contributed by atoms with E-state index in [1.165, 1.54) is 23.9 Å².